The molecule has 0 radical (unpaired) electrons. The number of halogens is 1. The van der Waals surface area contributed by atoms with Crippen LogP contribution in [-0.4, -0.2) is 22.0 Å². The second-order valence-corrected chi connectivity index (χ2v) is 5.76. The molecule has 1 heterocycles. The van der Waals surface area contributed by atoms with Crippen LogP contribution in [0.15, 0.2) is 35.2 Å². The molecule has 2 aromatic rings. The first-order valence-electron chi connectivity index (χ1n) is 6.89. The summed E-state index contributed by atoms with van der Waals surface area (Å²) in [5, 5.41) is 8.98. The number of aromatic nitrogens is 1. The summed E-state index contributed by atoms with van der Waals surface area (Å²) in [5.41, 5.74) is 2.18. The van der Waals surface area contributed by atoms with Crippen molar-refractivity contribution in [2.75, 3.05) is 13.1 Å². The molecule has 0 aliphatic carbocycles. The third-order valence-electron chi connectivity index (χ3n) is 3.40. The maximum absolute atomic E-state index is 14.3. The molecule has 0 unspecified atom stereocenters. The first kappa shape index (κ1) is 15.6. The van der Waals surface area contributed by atoms with E-state index in [0.29, 0.717) is 10.6 Å². The van der Waals surface area contributed by atoms with Gasteiger partial charge in [0, 0.05) is 31.4 Å². The lowest BCUT2D eigenvalue weighted by molar-refractivity contribution is 0.520. The van der Waals surface area contributed by atoms with Crippen molar-refractivity contribution in [3.63, 3.8) is 0 Å². The number of hydrogen-bond donors (Lipinski definition) is 0. The lowest BCUT2D eigenvalue weighted by Crippen LogP contribution is -2.13. The average molecular weight is 303 g/mol. The zero-order valence-electron chi connectivity index (χ0n) is 12.4. The Bertz CT molecular complexity index is 669. The Labute approximate surface area is 129 Å². The fourth-order valence-corrected chi connectivity index (χ4v) is 2.95. The molecule has 3 nitrogen and oxygen atoms in total. The average Bonchev–Trinajstić information content (AvgIpc) is 2.87. The van der Waals surface area contributed by atoms with E-state index in [4.69, 9.17) is 5.26 Å². The lowest BCUT2D eigenvalue weighted by Gasteiger charge is -2.17. The molecule has 0 saturated heterocycles. The molecule has 0 aliphatic heterocycles. The van der Waals surface area contributed by atoms with Crippen LogP contribution in [0.4, 0.5) is 4.39 Å². The van der Waals surface area contributed by atoms with Crippen molar-refractivity contribution in [3.8, 4) is 17.3 Å². The summed E-state index contributed by atoms with van der Waals surface area (Å²) in [6, 6.07) is 10.9. The molecule has 0 bridgehead atoms. The molecule has 5 heteroatoms. The Morgan fingerprint density at radius 3 is 2.48 bits per heavy atom. The second-order valence-electron chi connectivity index (χ2n) is 4.63. The quantitative estimate of drug-likeness (QED) is 0.781. The highest BCUT2D eigenvalue weighted by Crippen LogP contribution is 2.29. The SMILES string of the molecule is CCN(CC)Sc1ccc(-c2ccc(C#N)n2C)cc1F. The predicted octanol–water partition coefficient (Wildman–Crippen LogP) is 4.05. The summed E-state index contributed by atoms with van der Waals surface area (Å²) in [5.74, 6) is -0.232. The number of benzene rings is 1. The van der Waals surface area contributed by atoms with Gasteiger partial charge in [-0.15, -0.1) is 0 Å². The fraction of sp³-hybridized carbons (Fsp3) is 0.312. The molecule has 0 fully saturated rings. The normalized spacial score (nSPS) is 10.9. The van der Waals surface area contributed by atoms with Gasteiger partial charge in [-0.25, -0.2) is 8.70 Å². The van der Waals surface area contributed by atoms with E-state index in [-0.39, 0.29) is 5.82 Å². The van der Waals surface area contributed by atoms with Gasteiger partial charge in [0.2, 0.25) is 0 Å². The summed E-state index contributed by atoms with van der Waals surface area (Å²) in [7, 11) is 1.81. The molecule has 21 heavy (non-hydrogen) atoms. The van der Waals surface area contributed by atoms with Crippen molar-refractivity contribution in [3.05, 3.63) is 41.8 Å². The van der Waals surface area contributed by atoms with Gasteiger partial charge in [-0.1, -0.05) is 19.9 Å². The van der Waals surface area contributed by atoms with Gasteiger partial charge in [0.15, 0.2) is 0 Å². The van der Waals surface area contributed by atoms with Crippen LogP contribution >= 0.6 is 11.9 Å². The summed E-state index contributed by atoms with van der Waals surface area (Å²) in [4.78, 5) is 0.622. The highest BCUT2D eigenvalue weighted by atomic mass is 32.2. The molecule has 2 rings (SSSR count). The smallest absolute Gasteiger partial charge is 0.138 e. The van der Waals surface area contributed by atoms with Crippen LogP contribution < -0.4 is 0 Å². The van der Waals surface area contributed by atoms with Crippen LogP contribution in [0.5, 0.6) is 0 Å². The topological polar surface area (TPSA) is 32.0 Å². The molecule has 0 saturated carbocycles. The molecule has 0 amide bonds. The molecule has 0 atom stereocenters. The highest BCUT2D eigenvalue weighted by molar-refractivity contribution is 7.97. The summed E-state index contributed by atoms with van der Waals surface area (Å²) in [6.45, 7) is 5.84. The minimum Gasteiger partial charge on any atom is -0.335 e. The minimum absolute atomic E-state index is 0.232. The zero-order chi connectivity index (χ0) is 15.4. The van der Waals surface area contributed by atoms with E-state index in [9.17, 15) is 4.39 Å². The molecule has 0 N–H and O–H groups in total. The van der Waals surface area contributed by atoms with Crippen LogP contribution in [0, 0.1) is 17.1 Å². The summed E-state index contributed by atoms with van der Waals surface area (Å²) < 4.78 is 18.1. The number of nitrogens with zero attached hydrogens (tertiary/aromatic N) is 3. The number of nitriles is 1. The van der Waals surface area contributed by atoms with Crippen molar-refractivity contribution in [1.82, 2.24) is 8.87 Å². The first-order valence-corrected chi connectivity index (χ1v) is 7.66. The van der Waals surface area contributed by atoms with Crippen LogP contribution in [0.3, 0.4) is 0 Å². The van der Waals surface area contributed by atoms with Gasteiger partial charge in [0.25, 0.3) is 0 Å². The van der Waals surface area contributed by atoms with Gasteiger partial charge in [-0.2, -0.15) is 5.26 Å². The monoisotopic (exact) mass is 303 g/mol. The van der Waals surface area contributed by atoms with Crippen LogP contribution in [0.1, 0.15) is 19.5 Å². The minimum atomic E-state index is -0.232. The third-order valence-corrected chi connectivity index (χ3v) is 4.70. The number of rotatable bonds is 5. The Balaban J connectivity index is 2.30. The Morgan fingerprint density at radius 1 is 1.24 bits per heavy atom. The molecule has 1 aromatic heterocycles. The van der Waals surface area contributed by atoms with Gasteiger partial charge in [0.05, 0.1) is 4.90 Å². The Hall–Kier alpha value is -1.77. The van der Waals surface area contributed by atoms with E-state index in [1.54, 1.807) is 16.7 Å². The number of hydrogen-bond acceptors (Lipinski definition) is 3. The summed E-state index contributed by atoms with van der Waals surface area (Å²) in [6.07, 6.45) is 0. The van der Waals surface area contributed by atoms with Crippen molar-refractivity contribution < 1.29 is 4.39 Å². The first-order chi connectivity index (χ1) is 10.1. The molecule has 110 valence electrons. The van der Waals surface area contributed by atoms with Crippen molar-refractivity contribution in [2.24, 2.45) is 7.05 Å². The third kappa shape index (κ3) is 3.29. The van der Waals surface area contributed by atoms with Gasteiger partial charge >= 0.3 is 0 Å². The van der Waals surface area contributed by atoms with Crippen LogP contribution in [0.2, 0.25) is 0 Å². The second kappa shape index (κ2) is 6.79. The predicted molar refractivity (Wildman–Crippen MR) is 84.3 cm³/mol. The molecule has 1 aromatic carbocycles. The molecular weight excluding hydrogens is 285 g/mol. The Kier molecular flexibility index (Phi) is 5.05. The van der Waals surface area contributed by atoms with Gasteiger partial charge < -0.3 is 4.57 Å². The van der Waals surface area contributed by atoms with Gasteiger partial charge in [-0.3, -0.25) is 0 Å². The van der Waals surface area contributed by atoms with E-state index in [2.05, 4.69) is 24.2 Å². The van der Waals surface area contributed by atoms with E-state index in [0.717, 1.165) is 24.3 Å². The van der Waals surface area contributed by atoms with Crippen molar-refractivity contribution in [2.45, 2.75) is 18.7 Å². The van der Waals surface area contributed by atoms with E-state index in [1.165, 1.54) is 18.0 Å². The maximum atomic E-state index is 14.3. The van der Waals surface area contributed by atoms with E-state index >= 15 is 0 Å². The largest absolute Gasteiger partial charge is 0.335 e. The van der Waals surface area contributed by atoms with E-state index < -0.39 is 0 Å². The van der Waals surface area contributed by atoms with Crippen LogP contribution in [0.25, 0.3) is 11.3 Å². The molecular formula is C16H18FN3S. The molecule has 0 aliphatic rings. The molecule has 0 spiro atoms. The van der Waals surface area contributed by atoms with Gasteiger partial charge in [-0.05, 0) is 36.2 Å². The van der Waals surface area contributed by atoms with Crippen molar-refractivity contribution in [1.29, 1.82) is 5.26 Å². The standard InChI is InChI=1S/C16H18FN3S/c1-4-20(5-2)21-16-9-6-12(10-14(16)17)15-8-7-13(11-18)19(15)3/h6-10H,4-5H2,1-3H3. The Morgan fingerprint density at radius 2 is 1.95 bits per heavy atom. The van der Waals surface area contributed by atoms with Crippen LogP contribution in [-0.2, 0) is 7.05 Å². The zero-order valence-corrected chi connectivity index (χ0v) is 13.2. The maximum Gasteiger partial charge on any atom is 0.138 e. The summed E-state index contributed by atoms with van der Waals surface area (Å²) >= 11 is 1.43. The highest BCUT2D eigenvalue weighted by Gasteiger charge is 2.12. The fourth-order valence-electron chi connectivity index (χ4n) is 2.14. The lowest BCUT2D eigenvalue weighted by atomic mass is 10.1. The van der Waals surface area contributed by atoms with Gasteiger partial charge in [0.1, 0.15) is 17.6 Å². The van der Waals surface area contributed by atoms with E-state index in [1.807, 2.05) is 19.2 Å². The van der Waals surface area contributed by atoms with Crippen molar-refractivity contribution >= 4 is 11.9 Å².